The van der Waals surface area contributed by atoms with Crippen LogP contribution in [-0.2, 0) is 5.60 Å². The highest BCUT2D eigenvalue weighted by molar-refractivity contribution is 5.47. The summed E-state index contributed by atoms with van der Waals surface area (Å²) in [4.78, 5) is 3.28. The lowest BCUT2D eigenvalue weighted by molar-refractivity contribution is 0.151. The molecule has 1 fully saturated rings. The molecule has 12 heavy (non-hydrogen) atoms. The Labute approximate surface area is 71.3 Å². The molecule has 1 aliphatic carbocycles. The van der Waals surface area contributed by atoms with Crippen molar-refractivity contribution < 1.29 is 5.11 Å². The second-order valence-corrected chi connectivity index (χ2v) is 3.19. The molecule has 0 bridgehead atoms. The maximum absolute atomic E-state index is 9.69. The standard InChI is InChI=1S/C10H9NO/c1-11-9-4-2-8(3-5-9)10(12)6-7-10/h2-5,12H,6-7H2. The molecule has 1 saturated carbocycles. The number of aliphatic hydroxyl groups is 1. The van der Waals surface area contributed by atoms with E-state index in [1.54, 1.807) is 12.1 Å². The van der Waals surface area contributed by atoms with Gasteiger partial charge in [0.15, 0.2) is 5.69 Å². The van der Waals surface area contributed by atoms with Gasteiger partial charge in [-0.3, -0.25) is 0 Å². The predicted octanol–water partition coefficient (Wildman–Crippen LogP) is 2.22. The van der Waals surface area contributed by atoms with Gasteiger partial charge in [-0.2, -0.15) is 0 Å². The smallest absolute Gasteiger partial charge is 0.187 e. The van der Waals surface area contributed by atoms with Gasteiger partial charge in [-0.25, -0.2) is 4.85 Å². The fourth-order valence-corrected chi connectivity index (χ4v) is 1.25. The quantitative estimate of drug-likeness (QED) is 0.624. The highest BCUT2D eigenvalue weighted by Crippen LogP contribution is 2.45. The summed E-state index contributed by atoms with van der Waals surface area (Å²) in [6, 6.07) is 7.16. The lowest BCUT2D eigenvalue weighted by Crippen LogP contribution is -2.02. The van der Waals surface area contributed by atoms with E-state index < -0.39 is 5.60 Å². The normalized spacial score (nSPS) is 18.3. The van der Waals surface area contributed by atoms with Crippen LogP contribution in [0.1, 0.15) is 18.4 Å². The van der Waals surface area contributed by atoms with Crippen LogP contribution >= 0.6 is 0 Å². The molecular formula is C10H9NO. The first-order valence-electron chi connectivity index (χ1n) is 3.95. The summed E-state index contributed by atoms with van der Waals surface area (Å²) in [7, 11) is 0. The zero-order valence-corrected chi connectivity index (χ0v) is 6.62. The van der Waals surface area contributed by atoms with E-state index in [-0.39, 0.29) is 0 Å². The maximum atomic E-state index is 9.69. The Morgan fingerprint density at radius 1 is 1.25 bits per heavy atom. The van der Waals surface area contributed by atoms with Gasteiger partial charge in [0.1, 0.15) is 0 Å². The zero-order chi connectivity index (χ0) is 8.60. The van der Waals surface area contributed by atoms with Crippen LogP contribution in [0.5, 0.6) is 0 Å². The monoisotopic (exact) mass is 159 g/mol. The van der Waals surface area contributed by atoms with Gasteiger partial charge in [-0.15, -0.1) is 0 Å². The van der Waals surface area contributed by atoms with Crippen LogP contribution in [0.4, 0.5) is 5.69 Å². The molecule has 0 spiro atoms. The average molecular weight is 159 g/mol. The second kappa shape index (κ2) is 2.33. The van der Waals surface area contributed by atoms with Crippen molar-refractivity contribution in [2.24, 2.45) is 0 Å². The van der Waals surface area contributed by atoms with Gasteiger partial charge in [0, 0.05) is 0 Å². The molecule has 1 aromatic carbocycles. The van der Waals surface area contributed by atoms with E-state index in [0.717, 1.165) is 18.4 Å². The average Bonchev–Trinajstić information content (AvgIpc) is 2.85. The summed E-state index contributed by atoms with van der Waals surface area (Å²) in [5.74, 6) is 0. The van der Waals surface area contributed by atoms with Crippen LogP contribution in [-0.4, -0.2) is 5.11 Å². The van der Waals surface area contributed by atoms with Crippen LogP contribution < -0.4 is 0 Å². The Hall–Kier alpha value is -1.33. The molecule has 0 atom stereocenters. The van der Waals surface area contributed by atoms with Crippen LogP contribution in [0, 0.1) is 6.57 Å². The molecule has 0 unspecified atom stereocenters. The van der Waals surface area contributed by atoms with Crippen LogP contribution in [0.3, 0.4) is 0 Å². The predicted molar refractivity (Wildman–Crippen MR) is 45.8 cm³/mol. The fraction of sp³-hybridized carbons (Fsp3) is 0.300. The van der Waals surface area contributed by atoms with Gasteiger partial charge >= 0.3 is 0 Å². The molecule has 0 amide bonds. The van der Waals surface area contributed by atoms with E-state index in [4.69, 9.17) is 6.57 Å². The third-order valence-corrected chi connectivity index (χ3v) is 2.26. The minimum Gasteiger partial charge on any atom is -0.385 e. The summed E-state index contributed by atoms with van der Waals surface area (Å²) < 4.78 is 0. The minimum atomic E-state index is -0.569. The topological polar surface area (TPSA) is 24.6 Å². The van der Waals surface area contributed by atoms with Crippen molar-refractivity contribution in [3.05, 3.63) is 41.2 Å². The molecule has 1 aliphatic rings. The third kappa shape index (κ3) is 1.09. The summed E-state index contributed by atoms with van der Waals surface area (Å²) >= 11 is 0. The highest BCUT2D eigenvalue weighted by Gasteiger charge is 2.41. The van der Waals surface area contributed by atoms with Crippen molar-refractivity contribution in [1.29, 1.82) is 0 Å². The van der Waals surface area contributed by atoms with E-state index in [9.17, 15) is 5.11 Å². The van der Waals surface area contributed by atoms with Crippen molar-refractivity contribution in [1.82, 2.24) is 0 Å². The van der Waals surface area contributed by atoms with E-state index in [1.807, 2.05) is 12.1 Å². The van der Waals surface area contributed by atoms with Crippen molar-refractivity contribution in [3.8, 4) is 0 Å². The number of nitrogens with zero attached hydrogens (tertiary/aromatic N) is 1. The Bertz CT molecular complexity index is 330. The third-order valence-electron chi connectivity index (χ3n) is 2.26. The number of hydrogen-bond donors (Lipinski definition) is 1. The number of benzene rings is 1. The lowest BCUT2D eigenvalue weighted by atomic mass is 10.1. The van der Waals surface area contributed by atoms with E-state index in [2.05, 4.69) is 4.85 Å². The van der Waals surface area contributed by atoms with Gasteiger partial charge in [0.25, 0.3) is 0 Å². The Morgan fingerprint density at radius 2 is 1.83 bits per heavy atom. The summed E-state index contributed by atoms with van der Waals surface area (Å²) in [5, 5.41) is 9.69. The second-order valence-electron chi connectivity index (χ2n) is 3.19. The molecule has 1 N–H and O–H groups in total. The zero-order valence-electron chi connectivity index (χ0n) is 6.62. The van der Waals surface area contributed by atoms with Gasteiger partial charge < -0.3 is 5.11 Å². The molecule has 0 aromatic heterocycles. The molecule has 0 aliphatic heterocycles. The van der Waals surface area contributed by atoms with Crippen LogP contribution in [0.15, 0.2) is 24.3 Å². The molecule has 2 rings (SSSR count). The van der Waals surface area contributed by atoms with Crippen molar-refractivity contribution in [2.75, 3.05) is 0 Å². The van der Waals surface area contributed by atoms with E-state index in [1.165, 1.54) is 0 Å². The Morgan fingerprint density at radius 3 is 2.25 bits per heavy atom. The molecule has 1 aromatic rings. The van der Waals surface area contributed by atoms with Crippen molar-refractivity contribution >= 4 is 5.69 Å². The van der Waals surface area contributed by atoms with Crippen LogP contribution in [0.2, 0.25) is 0 Å². The Balaban J connectivity index is 2.32. The first kappa shape index (κ1) is 7.33. The molecule has 60 valence electrons. The van der Waals surface area contributed by atoms with Gasteiger partial charge in [0.05, 0.1) is 12.2 Å². The minimum absolute atomic E-state index is 0.569. The molecule has 2 nitrogen and oxygen atoms in total. The largest absolute Gasteiger partial charge is 0.385 e. The van der Waals surface area contributed by atoms with E-state index in [0.29, 0.717) is 5.69 Å². The lowest BCUT2D eigenvalue weighted by Gasteiger charge is -2.06. The molecule has 0 radical (unpaired) electrons. The first-order valence-corrected chi connectivity index (χ1v) is 3.95. The molecule has 0 saturated heterocycles. The molecular weight excluding hydrogens is 150 g/mol. The highest BCUT2D eigenvalue weighted by atomic mass is 16.3. The van der Waals surface area contributed by atoms with E-state index >= 15 is 0 Å². The summed E-state index contributed by atoms with van der Waals surface area (Å²) in [6.07, 6.45) is 1.70. The number of hydrogen-bond acceptors (Lipinski definition) is 1. The fourth-order valence-electron chi connectivity index (χ4n) is 1.25. The Kier molecular flexibility index (Phi) is 1.42. The van der Waals surface area contributed by atoms with Gasteiger partial charge in [-0.05, 0) is 18.4 Å². The molecule has 2 heteroatoms. The van der Waals surface area contributed by atoms with Crippen molar-refractivity contribution in [3.63, 3.8) is 0 Å². The summed E-state index contributed by atoms with van der Waals surface area (Å²) in [6.45, 7) is 6.75. The maximum Gasteiger partial charge on any atom is 0.187 e. The van der Waals surface area contributed by atoms with Gasteiger partial charge in [-0.1, -0.05) is 24.3 Å². The van der Waals surface area contributed by atoms with Crippen molar-refractivity contribution in [2.45, 2.75) is 18.4 Å². The summed E-state index contributed by atoms with van der Waals surface area (Å²) in [5.41, 5.74) is 0.999. The van der Waals surface area contributed by atoms with Crippen LogP contribution in [0.25, 0.3) is 4.85 Å². The SMILES string of the molecule is [C-]#[N+]c1ccc(C2(O)CC2)cc1. The number of rotatable bonds is 1. The first-order chi connectivity index (χ1) is 5.74. The molecule has 0 heterocycles. The van der Waals surface area contributed by atoms with Gasteiger partial charge in [0.2, 0.25) is 0 Å².